The lowest BCUT2D eigenvalue weighted by Crippen LogP contribution is -2.40. The molecular weight excluding hydrogens is 476 g/mol. The zero-order chi connectivity index (χ0) is 24.9. The lowest BCUT2D eigenvalue weighted by molar-refractivity contribution is -0.144. The van der Waals surface area contributed by atoms with Crippen molar-refractivity contribution in [3.05, 3.63) is 83.7 Å². The first-order valence-corrected chi connectivity index (χ1v) is 12.0. The first kappa shape index (κ1) is 23.6. The van der Waals surface area contributed by atoms with Crippen LogP contribution in [0.2, 0.25) is 0 Å². The summed E-state index contributed by atoms with van der Waals surface area (Å²) in [5.74, 6) is -0.135. The first-order chi connectivity index (χ1) is 17.6. The Balaban J connectivity index is 1.33. The predicted octanol–water partition coefficient (Wildman–Crippen LogP) is 4.14. The normalized spacial score (nSPS) is 12.4. The van der Waals surface area contributed by atoms with Gasteiger partial charge in [-0.15, -0.1) is 0 Å². The molecule has 5 aromatic rings. The molecule has 0 spiro atoms. The fourth-order valence-corrected chi connectivity index (χ4v) is 4.66. The van der Waals surface area contributed by atoms with Gasteiger partial charge in [0.1, 0.15) is 6.04 Å². The van der Waals surface area contributed by atoms with Crippen molar-refractivity contribution < 1.29 is 9.90 Å². The van der Waals surface area contributed by atoms with E-state index >= 15 is 0 Å². The Labute approximate surface area is 212 Å². The minimum atomic E-state index is -0.875. The summed E-state index contributed by atoms with van der Waals surface area (Å²) in [7, 11) is 0. The van der Waals surface area contributed by atoms with Gasteiger partial charge in [-0.2, -0.15) is 5.10 Å². The summed E-state index contributed by atoms with van der Waals surface area (Å²) in [5.41, 5.74) is 2.64. The Morgan fingerprint density at radius 3 is 2.36 bits per heavy atom. The van der Waals surface area contributed by atoms with E-state index in [0.29, 0.717) is 37.2 Å². The van der Waals surface area contributed by atoms with Crippen LogP contribution in [0.5, 0.6) is 0 Å². The minimum absolute atomic E-state index is 0.420. The van der Waals surface area contributed by atoms with Gasteiger partial charge in [0.25, 0.3) is 0 Å². The maximum atomic E-state index is 12.3. The molecule has 0 radical (unpaired) electrons. The largest absolute Gasteiger partial charge is 0.480 e. The zero-order valence-corrected chi connectivity index (χ0v) is 20.3. The van der Waals surface area contributed by atoms with Crippen LogP contribution in [0.1, 0.15) is 24.2 Å². The van der Waals surface area contributed by atoms with Crippen LogP contribution in [-0.4, -0.2) is 56.7 Å². The minimum Gasteiger partial charge on any atom is -0.480 e. The van der Waals surface area contributed by atoms with Gasteiger partial charge < -0.3 is 19.6 Å². The number of imidazole rings is 2. The van der Waals surface area contributed by atoms with Crippen LogP contribution in [0.3, 0.4) is 0 Å². The van der Waals surface area contributed by atoms with Gasteiger partial charge in [-0.3, -0.25) is 14.8 Å². The second-order valence-electron chi connectivity index (χ2n) is 8.62. The molecule has 0 fully saturated rings. The molecule has 3 aromatic heterocycles. The number of benzene rings is 2. The number of aliphatic carboxylic acids is 1. The number of carboxylic acid groups (broad SMARTS) is 1. The summed E-state index contributed by atoms with van der Waals surface area (Å²) in [4.78, 5) is 28.5. The summed E-state index contributed by atoms with van der Waals surface area (Å²) in [6.07, 6.45) is 7.64. The van der Waals surface area contributed by atoms with Crippen molar-refractivity contribution >= 4 is 29.0 Å². The third-order valence-corrected chi connectivity index (χ3v) is 6.52. The smallest absolute Gasteiger partial charge is 0.320 e. The molecule has 11 heteroatoms. The van der Waals surface area contributed by atoms with E-state index < -0.39 is 12.0 Å². The van der Waals surface area contributed by atoms with Crippen molar-refractivity contribution in [2.45, 2.75) is 38.5 Å². The number of fused-ring (bicyclic) bond motifs is 1. The molecule has 0 aliphatic heterocycles. The Kier molecular flexibility index (Phi) is 7.01. The zero-order valence-electron chi connectivity index (χ0n) is 19.5. The van der Waals surface area contributed by atoms with Crippen molar-refractivity contribution in [2.75, 3.05) is 0 Å². The van der Waals surface area contributed by atoms with Crippen molar-refractivity contribution in [3.63, 3.8) is 0 Å². The Morgan fingerprint density at radius 2 is 1.72 bits per heavy atom. The van der Waals surface area contributed by atoms with E-state index in [1.165, 1.54) is 0 Å². The quantitative estimate of drug-likeness (QED) is 0.200. The molecule has 3 heterocycles. The summed E-state index contributed by atoms with van der Waals surface area (Å²) in [6, 6.07) is 13.6. The third kappa shape index (κ3) is 5.26. The van der Waals surface area contributed by atoms with Gasteiger partial charge in [0, 0.05) is 49.0 Å². The Morgan fingerprint density at radius 1 is 1.03 bits per heavy atom. The van der Waals surface area contributed by atoms with Gasteiger partial charge in [0.05, 0.1) is 12.7 Å². The molecule has 5 rings (SSSR count). The summed E-state index contributed by atoms with van der Waals surface area (Å²) >= 11 is 5.50. The van der Waals surface area contributed by atoms with Gasteiger partial charge in [0.2, 0.25) is 0 Å². The molecule has 10 nitrogen and oxygen atoms in total. The average molecular weight is 503 g/mol. The van der Waals surface area contributed by atoms with E-state index in [1.54, 1.807) is 25.0 Å². The van der Waals surface area contributed by atoms with Crippen LogP contribution < -0.4 is 0 Å². The van der Waals surface area contributed by atoms with Crippen LogP contribution in [0.4, 0.5) is 0 Å². The summed E-state index contributed by atoms with van der Waals surface area (Å²) in [5, 5.41) is 19.7. The average Bonchev–Trinajstić information content (AvgIpc) is 3.65. The molecule has 0 saturated carbocycles. The topological polar surface area (TPSA) is 132 Å². The highest BCUT2D eigenvalue weighted by molar-refractivity contribution is 7.71. The predicted molar refractivity (Wildman–Crippen MR) is 137 cm³/mol. The van der Waals surface area contributed by atoms with Gasteiger partial charge in [-0.1, -0.05) is 36.4 Å². The molecule has 0 amide bonds. The van der Waals surface area contributed by atoms with Crippen molar-refractivity contribution in [1.29, 1.82) is 0 Å². The molecule has 0 unspecified atom stereocenters. The third-order valence-electron chi connectivity index (χ3n) is 6.21. The number of aromatic amines is 3. The van der Waals surface area contributed by atoms with Gasteiger partial charge in [-0.05, 0) is 41.9 Å². The van der Waals surface area contributed by atoms with Crippen molar-refractivity contribution in [3.8, 4) is 11.4 Å². The van der Waals surface area contributed by atoms with Crippen LogP contribution in [-0.2, 0) is 24.4 Å². The standard InChI is InChI=1S/C25H26N8O2S/c34-24(35)22(32(13-20-11-26-15-28-20)14-21-12-27-16-29-21)6-3-9-33-23(30-31-25(33)36)19-8-7-17-4-1-2-5-18(17)10-19/h1-2,4-5,7-8,10-12,15-16,22H,3,6,9,13-14H2,(H,26,28)(H,27,29)(H,31,36)(H,34,35)/t22-/m0/s1. The molecule has 0 bridgehead atoms. The van der Waals surface area contributed by atoms with Crippen molar-refractivity contribution in [1.82, 2.24) is 39.6 Å². The molecule has 4 N–H and O–H groups in total. The molecular formula is C25H26N8O2S. The van der Waals surface area contributed by atoms with E-state index in [-0.39, 0.29) is 0 Å². The lowest BCUT2D eigenvalue weighted by Gasteiger charge is -2.28. The molecule has 36 heavy (non-hydrogen) atoms. The van der Waals surface area contributed by atoms with E-state index in [1.807, 2.05) is 27.7 Å². The number of rotatable bonds is 11. The van der Waals surface area contributed by atoms with E-state index in [2.05, 4.69) is 54.4 Å². The maximum Gasteiger partial charge on any atom is 0.320 e. The second-order valence-corrected chi connectivity index (χ2v) is 9.01. The monoisotopic (exact) mass is 502 g/mol. The van der Waals surface area contributed by atoms with Crippen molar-refractivity contribution in [2.24, 2.45) is 0 Å². The number of hydrogen-bond acceptors (Lipinski definition) is 6. The van der Waals surface area contributed by atoms with E-state index in [9.17, 15) is 9.90 Å². The SMILES string of the molecule is O=C(O)[C@H](CCCn1c(-c2ccc3ccccc3c2)n[nH]c1=S)N(Cc1cnc[nH]1)Cc1cnc[nH]1. The highest BCUT2D eigenvalue weighted by Crippen LogP contribution is 2.24. The van der Waals surface area contributed by atoms with Gasteiger partial charge >= 0.3 is 5.97 Å². The number of nitrogens with zero attached hydrogens (tertiary/aromatic N) is 5. The fourth-order valence-electron chi connectivity index (χ4n) is 4.44. The highest BCUT2D eigenvalue weighted by Gasteiger charge is 2.26. The number of carboxylic acids is 1. The van der Waals surface area contributed by atoms with Gasteiger partial charge in [0.15, 0.2) is 10.6 Å². The van der Waals surface area contributed by atoms with Crippen LogP contribution in [0.15, 0.2) is 67.5 Å². The second kappa shape index (κ2) is 10.7. The molecule has 1 atom stereocenters. The molecule has 2 aromatic carbocycles. The molecule has 184 valence electrons. The summed E-state index contributed by atoms with van der Waals surface area (Å²) in [6.45, 7) is 1.39. The summed E-state index contributed by atoms with van der Waals surface area (Å²) < 4.78 is 2.45. The molecule has 0 saturated heterocycles. The first-order valence-electron chi connectivity index (χ1n) is 11.6. The fraction of sp³-hybridized carbons (Fsp3) is 0.240. The van der Waals surface area contributed by atoms with Crippen LogP contribution >= 0.6 is 12.2 Å². The number of hydrogen-bond donors (Lipinski definition) is 4. The van der Waals surface area contributed by atoms with Crippen LogP contribution in [0, 0.1) is 4.77 Å². The van der Waals surface area contributed by atoms with Crippen LogP contribution in [0.25, 0.3) is 22.2 Å². The lowest BCUT2D eigenvalue weighted by atomic mass is 10.1. The van der Waals surface area contributed by atoms with E-state index in [4.69, 9.17) is 12.2 Å². The maximum absolute atomic E-state index is 12.3. The van der Waals surface area contributed by atoms with E-state index in [0.717, 1.165) is 33.5 Å². The highest BCUT2D eigenvalue weighted by atomic mass is 32.1. The number of nitrogens with one attached hydrogen (secondary N) is 3. The molecule has 0 aliphatic rings. The number of H-pyrrole nitrogens is 3. The molecule has 0 aliphatic carbocycles. The van der Waals surface area contributed by atoms with Gasteiger partial charge in [-0.25, -0.2) is 9.97 Å². The Hall–Kier alpha value is -4.09. The number of aromatic nitrogens is 7. The Bertz CT molecular complexity index is 1450. The number of carbonyl (C=O) groups is 1.